The van der Waals surface area contributed by atoms with Crippen molar-refractivity contribution >= 4 is 5.97 Å². The summed E-state index contributed by atoms with van der Waals surface area (Å²) in [4.78, 5) is 12.8. The van der Waals surface area contributed by atoms with Gasteiger partial charge in [0, 0.05) is 19.1 Å². The lowest BCUT2D eigenvalue weighted by Crippen LogP contribution is -2.33. The Labute approximate surface area is 78.9 Å². The van der Waals surface area contributed by atoms with Gasteiger partial charge in [0.2, 0.25) is 0 Å². The van der Waals surface area contributed by atoms with Gasteiger partial charge in [0.15, 0.2) is 0 Å². The number of nitrogens with zero attached hydrogens (tertiary/aromatic N) is 1. The van der Waals surface area contributed by atoms with Crippen molar-refractivity contribution in [2.24, 2.45) is 5.92 Å². The number of aliphatic carboxylic acids is 1. The Bertz CT molecular complexity index is 184. The van der Waals surface area contributed by atoms with Crippen LogP contribution in [0.5, 0.6) is 0 Å². The van der Waals surface area contributed by atoms with Crippen LogP contribution in [0.15, 0.2) is 0 Å². The second-order valence-corrected chi connectivity index (χ2v) is 3.77. The summed E-state index contributed by atoms with van der Waals surface area (Å²) >= 11 is 0. The predicted octanol–water partition coefficient (Wildman–Crippen LogP) is 0.000800. The Kier molecular flexibility index (Phi) is 3.69. The smallest absolute Gasteiger partial charge is 0.307 e. The number of likely N-dealkylation sites (N-methyl/N-ethyl adjacent to an activating group) is 1. The molecular formula is C9H18N2O2. The number of carboxylic acids is 1. The maximum atomic E-state index is 10.6. The van der Waals surface area contributed by atoms with E-state index < -0.39 is 5.97 Å². The molecule has 76 valence electrons. The average Bonchev–Trinajstić information content (AvgIpc) is 2.52. The van der Waals surface area contributed by atoms with Crippen LogP contribution in [0.3, 0.4) is 0 Å². The van der Waals surface area contributed by atoms with E-state index in [1.807, 2.05) is 7.05 Å². The zero-order valence-electron chi connectivity index (χ0n) is 8.29. The molecule has 0 radical (unpaired) electrons. The molecule has 1 heterocycles. The topological polar surface area (TPSA) is 52.6 Å². The Morgan fingerprint density at radius 3 is 2.92 bits per heavy atom. The molecule has 4 nitrogen and oxygen atoms in total. The van der Waals surface area contributed by atoms with Crippen LogP contribution in [0.25, 0.3) is 0 Å². The van der Waals surface area contributed by atoms with Crippen LogP contribution in [0.2, 0.25) is 0 Å². The van der Waals surface area contributed by atoms with Gasteiger partial charge in [-0.25, -0.2) is 0 Å². The third-order valence-electron chi connectivity index (χ3n) is 2.63. The number of carbonyl (C=O) groups is 1. The molecule has 4 heteroatoms. The van der Waals surface area contributed by atoms with Gasteiger partial charge >= 0.3 is 5.97 Å². The molecule has 1 saturated heterocycles. The summed E-state index contributed by atoms with van der Waals surface area (Å²) in [7, 11) is 1.95. The van der Waals surface area contributed by atoms with Gasteiger partial charge in [-0.3, -0.25) is 4.79 Å². The molecule has 1 rings (SSSR count). The molecule has 1 aliphatic rings. The number of hydrogen-bond acceptors (Lipinski definition) is 3. The standard InChI is InChI=1S/C9H18N2O2/c1-7(9(12)13)5-11-4-3-8(6-11)10-2/h7-8,10H,3-6H2,1-2H3,(H,12,13). The number of nitrogens with one attached hydrogen (secondary N) is 1. The van der Waals surface area contributed by atoms with Crippen molar-refractivity contribution in [2.75, 3.05) is 26.7 Å². The quantitative estimate of drug-likeness (QED) is 0.649. The minimum Gasteiger partial charge on any atom is -0.481 e. The first-order valence-corrected chi connectivity index (χ1v) is 4.76. The highest BCUT2D eigenvalue weighted by molar-refractivity contribution is 5.69. The molecular weight excluding hydrogens is 168 g/mol. The number of carboxylic acid groups (broad SMARTS) is 1. The van der Waals surface area contributed by atoms with Gasteiger partial charge in [-0.15, -0.1) is 0 Å². The molecule has 0 aromatic rings. The van der Waals surface area contributed by atoms with Crippen molar-refractivity contribution in [3.63, 3.8) is 0 Å². The van der Waals surface area contributed by atoms with Gasteiger partial charge in [0.05, 0.1) is 5.92 Å². The van der Waals surface area contributed by atoms with Crippen LogP contribution in [0.1, 0.15) is 13.3 Å². The third-order valence-corrected chi connectivity index (χ3v) is 2.63. The average molecular weight is 186 g/mol. The van der Waals surface area contributed by atoms with Crippen LogP contribution in [0.4, 0.5) is 0 Å². The summed E-state index contributed by atoms with van der Waals surface area (Å²) in [6, 6.07) is 0.543. The lowest BCUT2D eigenvalue weighted by molar-refractivity contribution is -0.141. The summed E-state index contributed by atoms with van der Waals surface area (Å²) < 4.78 is 0. The maximum absolute atomic E-state index is 10.6. The van der Waals surface area contributed by atoms with Crippen molar-refractivity contribution in [1.29, 1.82) is 0 Å². The molecule has 0 spiro atoms. The lowest BCUT2D eigenvalue weighted by atomic mass is 10.2. The van der Waals surface area contributed by atoms with Crippen LogP contribution < -0.4 is 5.32 Å². The molecule has 0 saturated carbocycles. The molecule has 13 heavy (non-hydrogen) atoms. The summed E-state index contributed by atoms with van der Waals surface area (Å²) in [6.45, 7) is 4.43. The molecule has 0 aromatic carbocycles. The molecule has 1 aliphatic heterocycles. The molecule has 2 atom stereocenters. The first-order chi connectivity index (χ1) is 6.13. The van der Waals surface area contributed by atoms with Crippen molar-refractivity contribution < 1.29 is 9.90 Å². The summed E-state index contributed by atoms with van der Waals surface area (Å²) in [5, 5.41) is 11.9. The first kappa shape index (κ1) is 10.5. The Balaban J connectivity index is 2.27. The van der Waals surface area contributed by atoms with Gasteiger partial charge in [0.25, 0.3) is 0 Å². The molecule has 2 unspecified atom stereocenters. The van der Waals surface area contributed by atoms with Gasteiger partial charge in [-0.1, -0.05) is 6.92 Å². The van der Waals surface area contributed by atoms with E-state index in [2.05, 4.69) is 10.2 Å². The fourth-order valence-electron chi connectivity index (χ4n) is 1.70. The van der Waals surface area contributed by atoms with E-state index in [4.69, 9.17) is 5.11 Å². The predicted molar refractivity (Wildman–Crippen MR) is 50.7 cm³/mol. The van der Waals surface area contributed by atoms with Gasteiger partial charge < -0.3 is 15.3 Å². The fraction of sp³-hybridized carbons (Fsp3) is 0.889. The van der Waals surface area contributed by atoms with Gasteiger partial charge in [0.1, 0.15) is 0 Å². The molecule has 0 aromatic heterocycles. The highest BCUT2D eigenvalue weighted by atomic mass is 16.4. The third kappa shape index (κ3) is 2.97. The molecule has 0 amide bonds. The second-order valence-electron chi connectivity index (χ2n) is 3.77. The summed E-state index contributed by atoms with van der Waals surface area (Å²) in [5.74, 6) is -0.955. The van der Waals surface area contributed by atoms with Crippen molar-refractivity contribution in [3.8, 4) is 0 Å². The van der Waals surface area contributed by atoms with E-state index in [1.54, 1.807) is 6.92 Å². The fourth-order valence-corrected chi connectivity index (χ4v) is 1.70. The number of hydrogen-bond donors (Lipinski definition) is 2. The second kappa shape index (κ2) is 4.58. The minimum atomic E-state index is -0.701. The van der Waals surface area contributed by atoms with E-state index in [0.29, 0.717) is 12.6 Å². The Morgan fingerprint density at radius 2 is 2.46 bits per heavy atom. The van der Waals surface area contributed by atoms with E-state index in [0.717, 1.165) is 19.5 Å². The number of rotatable bonds is 4. The van der Waals surface area contributed by atoms with Gasteiger partial charge in [-0.05, 0) is 20.0 Å². The highest BCUT2D eigenvalue weighted by Gasteiger charge is 2.23. The molecule has 2 N–H and O–H groups in total. The normalized spacial score (nSPS) is 26.2. The Morgan fingerprint density at radius 1 is 1.77 bits per heavy atom. The molecule has 1 fully saturated rings. The van der Waals surface area contributed by atoms with Gasteiger partial charge in [-0.2, -0.15) is 0 Å². The van der Waals surface area contributed by atoms with Crippen molar-refractivity contribution in [2.45, 2.75) is 19.4 Å². The largest absolute Gasteiger partial charge is 0.481 e. The zero-order valence-corrected chi connectivity index (χ0v) is 8.29. The minimum absolute atomic E-state index is 0.254. The summed E-state index contributed by atoms with van der Waals surface area (Å²) in [6.07, 6.45) is 1.13. The maximum Gasteiger partial charge on any atom is 0.307 e. The number of likely N-dealkylation sites (tertiary alicyclic amines) is 1. The summed E-state index contributed by atoms with van der Waals surface area (Å²) in [5.41, 5.74) is 0. The lowest BCUT2D eigenvalue weighted by Gasteiger charge is -2.17. The van der Waals surface area contributed by atoms with Crippen LogP contribution in [-0.4, -0.2) is 48.7 Å². The van der Waals surface area contributed by atoms with Crippen molar-refractivity contribution in [1.82, 2.24) is 10.2 Å². The molecule has 0 bridgehead atoms. The van der Waals surface area contributed by atoms with Crippen LogP contribution in [-0.2, 0) is 4.79 Å². The van der Waals surface area contributed by atoms with Crippen LogP contribution in [0, 0.1) is 5.92 Å². The monoisotopic (exact) mass is 186 g/mol. The van der Waals surface area contributed by atoms with E-state index in [1.165, 1.54) is 0 Å². The van der Waals surface area contributed by atoms with Crippen molar-refractivity contribution in [3.05, 3.63) is 0 Å². The SMILES string of the molecule is CNC1CCN(CC(C)C(=O)O)C1. The first-order valence-electron chi connectivity index (χ1n) is 4.76. The van der Waals surface area contributed by atoms with E-state index >= 15 is 0 Å². The molecule has 0 aliphatic carbocycles. The zero-order chi connectivity index (χ0) is 9.84. The van der Waals surface area contributed by atoms with E-state index in [-0.39, 0.29) is 5.92 Å². The Hall–Kier alpha value is -0.610. The highest BCUT2D eigenvalue weighted by Crippen LogP contribution is 2.10. The van der Waals surface area contributed by atoms with E-state index in [9.17, 15) is 4.79 Å². The van der Waals surface area contributed by atoms with Crippen LogP contribution >= 0.6 is 0 Å².